The third-order valence-electron chi connectivity index (χ3n) is 4.86. The molecule has 1 saturated carbocycles. The van der Waals surface area contributed by atoms with E-state index in [1.807, 2.05) is 20.8 Å². The summed E-state index contributed by atoms with van der Waals surface area (Å²) in [6.07, 6.45) is 3.04. The predicted octanol–water partition coefficient (Wildman–Crippen LogP) is 4.21. The number of aliphatic hydroxyl groups excluding tert-OH is 1. The molecule has 1 fully saturated rings. The van der Waals surface area contributed by atoms with Crippen molar-refractivity contribution in [3.05, 3.63) is 64.5 Å². The van der Waals surface area contributed by atoms with Crippen LogP contribution < -0.4 is 0 Å². The van der Waals surface area contributed by atoms with Gasteiger partial charge in [0.15, 0.2) is 5.69 Å². The molecule has 7 heteroatoms. The van der Waals surface area contributed by atoms with Crippen LogP contribution in [0.1, 0.15) is 61.0 Å². The van der Waals surface area contributed by atoms with E-state index in [-0.39, 0.29) is 11.5 Å². The fourth-order valence-electron chi connectivity index (χ4n) is 3.31. The fourth-order valence-corrected chi connectivity index (χ4v) is 3.31. The zero-order valence-electron chi connectivity index (χ0n) is 17.2. The molecule has 6 nitrogen and oxygen atoms in total. The molecule has 2 aromatic heterocycles. The monoisotopic (exact) mass is 395 g/mol. The predicted molar refractivity (Wildman–Crippen MR) is 108 cm³/mol. The molecule has 1 aliphatic rings. The molecule has 1 atom stereocenters. The van der Waals surface area contributed by atoms with Crippen LogP contribution in [0, 0.1) is 36.9 Å². The van der Waals surface area contributed by atoms with Gasteiger partial charge in [0.25, 0.3) is 0 Å². The standard InChI is InChI=1S/C20H20FN5O.C2H6/c1-12-7-15(21)5-6-18(12)26-19(8-13(2)23-26)20(27)16-11-25(10-14-3-4-14)24-17(16)9-22;1-2/h5-8,11,14,20,27H,3-4,10H2,1-2H3;1-2H3. The van der Waals surface area contributed by atoms with E-state index in [4.69, 9.17) is 0 Å². The van der Waals surface area contributed by atoms with Gasteiger partial charge in [0.1, 0.15) is 18.0 Å². The van der Waals surface area contributed by atoms with Crippen molar-refractivity contribution in [2.75, 3.05) is 0 Å². The summed E-state index contributed by atoms with van der Waals surface area (Å²) in [5.41, 5.74) is 3.30. The molecule has 0 saturated heterocycles. The van der Waals surface area contributed by atoms with E-state index in [1.54, 1.807) is 34.6 Å². The highest BCUT2D eigenvalue weighted by Gasteiger charge is 2.26. The van der Waals surface area contributed by atoms with Crippen LogP contribution in [0.3, 0.4) is 0 Å². The summed E-state index contributed by atoms with van der Waals surface area (Å²) >= 11 is 0. The SMILES string of the molecule is CC.Cc1cc(C(O)c2cn(CC3CC3)nc2C#N)n(-c2ccc(F)cc2C)n1. The van der Waals surface area contributed by atoms with Gasteiger partial charge in [0.2, 0.25) is 0 Å². The second-order valence-corrected chi connectivity index (χ2v) is 7.17. The molecule has 1 N–H and O–H groups in total. The van der Waals surface area contributed by atoms with Gasteiger partial charge < -0.3 is 5.11 Å². The van der Waals surface area contributed by atoms with E-state index in [0.29, 0.717) is 28.4 Å². The van der Waals surface area contributed by atoms with E-state index in [0.717, 1.165) is 12.2 Å². The Kier molecular flexibility index (Phi) is 6.14. The summed E-state index contributed by atoms with van der Waals surface area (Å²) in [5.74, 6) is 0.284. The van der Waals surface area contributed by atoms with Crippen molar-refractivity contribution < 1.29 is 9.50 Å². The molecule has 0 amide bonds. The third-order valence-corrected chi connectivity index (χ3v) is 4.86. The zero-order chi connectivity index (χ0) is 21.1. The van der Waals surface area contributed by atoms with Crippen LogP contribution in [0.2, 0.25) is 0 Å². The Balaban J connectivity index is 0.00000117. The molecule has 1 unspecified atom stereocenters. The van der Waals surface area contributed by atoms with Gasteiger partial charge in [-0.1, -0.05) is 13.8 Å². The number of halogens is 1. The van der Waals surface area contributed by atoms with Crippen molar-refractivity contribution in [1.82, 2.24) is 19.6 Å². The minimum atomic E-state index is -1.06. The lowest BCUT2D eigenvalue weighted by Crippen LogP contribution is -2.10. The van der Waals surface area contributed by atoms with Crippen molar-refractivity contribution in [2.45, 2.75) is 53.2 Å². The first-order valence-corrected chi connectivity index (χ1v) is 9.95. The summed E-state index contributed by atoms with van der Waals surface area (Å²) in [6, 6.07) is 8.27. The minimum absolute atomic E-state index is 0.212. The van der Waals surface area contributed by atoms with Gasteiger partial charge in [-0.2, -0.15) is 15.5 Å². The number of aromatic nitrogens is 4. The first-order chi connectivity index (χ1) is 14.0. The Hall–Kier alpha value is -2.98. The average Bonchev–Trinajstić information content (AvgIpc) is 3.29. The fraction of sp³-hybridized carbons (Fsp3) is 0.409. The summed E-state index contributed by atoms with van der Waals surface area (Å²) in [5, 5.41) is 29.2. The Morgan fingerprint density at radius 1 is 1.24 bits per heavy atom. The van der Waals surface area contributed by atoms with Gasteiger partial charge in [-0.15, -0.1) is 0 Å². The quantitative estimate of drug-likeness (QED) is 0.702. The Morgan fingerprint density at radius 2 is 1.97 bits per heavy atom. The van der Waals surface area contributed by atoms with Gasteiger partial charge in [-0.3, -0.25) is 4.68 Å². The van der Waals surface area contributed by atoms with Gasteiger partial charge in [-0.05, 0) is 62.4 Å². The van der Waals surface area contributed by atoms with E-state index in [2.05, 4.69) is 16.3 Å². The van der Waals surface area contributed by atoms with Crippen molar-refractivity contribution in [3.63, 3.8) is 0 Å². The number of hydrogen-bond acceptors (Lipinski definition) is 4. The molecular weight excluding hydrogens is 369 g/mol. The number of benzene rings is 1. The molecule has 2 heterocycles. The number of aliphatic hydroxyl groups is 1. The first kappa shape index (κ1) is 20.7. The third kappa shape index (κ3) is 4.38. The number of nitrogens with zero attached hydrogens (tertiary/aromatic N) is 5. The first-order valence-electron chi connectivity index (χ1n) is 9.95. The molecule has 0 bridgehead atoms. The van der Waals surface area contributed by atoms with E-state index in [9.17, 15) is 14.8 Å². The van der Waals surface area contributed by atoms with Crippen molar-refractivity contribution in [3.8, 4) is 11.8 Å². The molecule has 3 aromatic rings. The van der Waals surface area contributed by atoms with Gasteiger partial charge in [-0.25, -0.2) is 9.07 Å². The van der Waals surface area contributed by atoms with Crippen LogP contribution in [-0.2, 0) is 6.54 Å². The molecule has 29 heavy (non-hydrogen) atoms. The molecule has 0 radical (unpaired) electrons. The van der Waals surface area contributed by atoms with E-state index >= 15 is 0 Å². The lowest BCUT2D eigenvalue weighted by molar-refractivity contribution is 0.211. The Labute approximate surface area is 170 Å². The molecule has 1 aromatic carbocycles. The lowest BCUT2D eigenvalue weighted by atomic mass is 10.1. The Morgan fingerprint density at radius 3 is 2.59 bits per heavy atom. The lowest BCUT2D eigenvalue weighted by Gasteiger charge is -2.14. The zero-order valence-corrected chi connectivity index (χ0v) is 17.2. The molecule has 0 spiro atoms. The van der Waals surface area contributed by atoms with Crippen LogP contribution >= 0.6 is 0 Å². The van der Waals surface area contributed by atoms with Crippen LogP contribution in [0.25, 0.3) is 5.69 Å². The van der Waals surface area contributed by atoms with E-state index < -0.39 is 6.10 Å². The second-order valence-electron chi connectivity index (χ2n) is 7.17. The number of hydrogen-bond donors (Lipinski definition) is 1. The number of aryl methyl sites for hydroxylation is 2. The van der Waals surface area contributed by atoms with Crippen molar-refractivity contribution in [1.29, 1.82) is 5.26 Å². The molecule has 4 rings (SSSR count). The summed E-state index contributed by atoms with van der Waals surface area (Å²) in [4.78, 5) is 0. The highest BCUT2D eigenvalue weighted by molar-refractivity contribution is 5.44. The van der Waals surface area contributed by atoms with Gasteiger partial charge >= 0.3 is 0 Å². The van der Waals surface area contributed by atoms with E-state index in [1.165, 1.54) is 25.0 Å². The summed E-state index contributed by atoms with van der Waals surface area (Å²) in [6.45, 7) is 8.38. The highest BCUT2D eigenvalue weighted by atomic mass is 19.1. The largest absolute Gasteiger partial charge is 0.382 e. The summed E-state index contributed by atoms with van der Waals surface area (Å²) in [7, 11) is 0. The van der Waals surface area contributed by atoms with Gasteiger partial charge in [0.05, 0.1) is 17.1 Å². The topological polar surface area (TPSA) is 79.7 Å². The number of nitriles is 1. The van der Waals surface area contributed by atoms with Crippen molar-refractivity contribution >= 4 is 0 Å². The van der Waals surface area contributed by atoms with Crippen molar-refractivity contribution in [2.24, 2.45) is 5.92 Å². The summed E-state index contributed by atoms with van der Waals surface area (Å²) < 4.78 is 16.8. The normalized spacial score (nSPS) is 14.1. The maximum atomic E-state index is 13.5. The Bertz CT molecular complexity index is 1040. The van der Waals surface area contributed by atoms with Crippen LogP contribution in [0.15, 0.2) is 30.5 Å². The van der Waals surface area contributed by atoms with Crippen LogP contribution in [0.4, 0.5) is 4.39 Å². The van der Waals surface area contributed by atoms with Crippen LogP contribution in [-0.4, -0.2) is 24.7 Å². The highest BCUT2D eigenvalue weighted by Crippen LogP contribution is 2.32. The number of rotatable bonds is 5. The minimum Gasteiger partial charge on any atom is -0.382 e. The average molecular weight is 395 g/mol. The molecule has 0 aliphatic heterocycles. The van der Waals surface area contributed by atoms with Crippen LogP contribution in [0.5, 0.6) is 0 Å². The maximum absolute atomic E-state index is 13.5. The second kappa shape index (κ2) is 8.58. The molecule has 1 aliphatic carbocycles. The van der Waals surface area contributed by atoms with Gasteiger partial charge in [0, 0.05) is 18.3 Å². The molecular formula is C22H26FN5O. The smallest absolute Gasteiger partial charge is 0.168 e. The molecule has 152 valence electrons. The maximum Gasteiger partial charge on any atom is 0.168 e.